The van der Waals surface area contributed by atoms with Gasteiger partial charge in [0.15, 0.2) is 0 Å². The summed E-state index contributed by atoms with van der Waals surface area (Å²) in [5.41, 5.74) is 1.36. The number of para-hydroxylation sites is 2. The normalized spacial score (nSPS) is 10.4. The molecule has 1 aromatic carbocycles. The van der Waals surface area contributed by atoms with E-state index in [9.17, 15) is 4.79 Å². The minimum atomic E-state index is -0.407. The first kappa shape index (κ1) is 15.7. The maximum Gasteiger partial charge on any atom is 0.316 e. The fourth-order valence-electron chi connectivity index (χ4n) is 2.19. The van der Waals surface area contributed by atoms with Crippen LogP contribution in [0.15, 0.2) is 53.3 Å². The number of aromatic nitrogens is 3. The van der Waals surface area contributed by atoms with E-state index in [1.54, 1.807) is 43.7 Å². The lowest BCUT2D eigenvalue weighted by Gasteiger charge is -2.18. The van der Waals surface area contributed by atoms with Gasteiger partial charge in [0.05, 0.1) is 12.3 Å². The highest BCUT2D eigenvalue weighted by molar-refractivity contribution is 6.03. The SMILES string of the molecule is CCOc1ccccc1N(C)C(=O)c1nc(-c2ccncc2)no1. The monoisotopic (exact) mass is 324 g/mol. The molecule has 3 aromatic rings. The predicted octanol–water partition coefficient (Wildman–Crippen LogP) is 2.81. The Balaban J connectivity index is 1.86. The maximum atomic E-state index is 12.6. The number of amides is 1. The molecule has 0 spiro atoms. The van der Waals surface area contributed by atoms with Crippen LogP contribution in [0.5, 0.6) is 5.75 Å². The van der Waals surface area contributed by atoms with Gasteiger partial charge in [-0.3, -0.25) is 9.78 Å². The Morgan fingerprint density at radius 3 is 2.71 bits per heavy atom. The Labute approximate surface area is 138 Å². The van der Waals surface area contributed by atoms with Crippen LogP contribution in [0.2, 0.25) is 0 Å². The maximum absolute atomic E-state index is 12.6. The zero-order valence-corrected chi connectivity index (χ0v) is 13.3. The molecule has 1 amide bonds. The van der Waals surface area contributed by atoms with Crippen molar-refractivity contribution in [3.8, 4) is 17.1 Å². The largest absolute Gasteiger partial charge is 0.492 e. The van der Waals surface area contributed by atoms with E-state index in [2.05, 4.69) is 15.1 Å². The molecule has 7 nitrogen and oxygen atoms in total. The van der Waals surface area contributed by atoms with E-state index in [4.69, 9.17) is 9.26 Å². The van der Waals surface area contributed by atoms with Gasteiger partial charge in [0.25, 0.3) is 0 Å². The van der Waals surface area contributed by atoms with Gasteiger partial charge in [-0.05, 0) is 31.2 Å². The van der Waals surface area contributed by atoms with Gasteiger partial charge >= 0.3 is 11.8 Å². The van der Waals surface area contributed by atoms with E-state index in [0.29, 0.717) is 23.9 Å². The topological polar surface area (TPSA) is 81.4 Å². The predicted molar refractivity (Wildman–Crippen MR) is 87.9 cm³/mol. The van der Waals surface area contributed by atoms with Crippen LogP contribution in [-0.4, -0.2) is 34.7 Å². The van der Waals surface area contributed by atoms with Crippen molar-refractivity contribution in [1.29, 1.82) is 0 Å². The molecule has 0 saturated carbocycles. The third-order valence-electron chi connectivity index (χ3n) is 3.38. The Kier molecular flexibility index (Phi) is 4.51. The van der Waals surface area contributed by atoms with E-state index >= 15 is 0 Å². The minimum Gasteiger partial charge on any atom is -0.492 e. The average Bonchev–Trinajstić information content (AvgIpc) is 3.12. The van der Waals surface area contributed by atoms with Crippen molar-refractivity contribution in [2.45, 2.75) is 6.92 Å². The van der Waals surface area contributed by atoms with Crippen LogP contribution in [-0.2, 0) is 0 Å². The molecule has 0 fully saturated rings. The number of benzene rings is 1. The summed E-state index contributed by atoms with van der Waals surface area (Å²) in [4.78, 5) is 22.1. The first-order valence-electron chi connectivity index (χ1n) is 7.44. The Bertz CT molecular complexity index is 833. The fraction of sp³-hybridized carbons (Fsp3) is 0.176. The first-order chi connectivity index (χ1) is 11.7. The molecule has 0 N–H and O–H groups in total. The molecule has 122 valence electrons. The zero-order chi connectivity index (χ0) is 16.9. The standard InChI is InChI=1S/C17H16N4O3/c1-3-23-14-7-5-4-6-13(14)21(2)17(22)16-19-15(20-24-16)12-8-10-18-11-9-12/h4-11H,3H2,1-2H3. The van der Waals surface area contributed by atoms with Gasteiger partial charge in [-0.1, -0.05) is 17.3 Å². The molecule has 0 unspecified atom stereocenters. The molecule has 24 heavy (non-hydrogen) atoms. The van der Waals surface area contributed by atoms with E-state index in [1.165, 1.54) is 4.90 Å². The molecule has 0 saturated heterocycles. The van der Waals surface area contributed by atoms with Crippen molar-refractivity contribution in [1.82, 2.24) is 15.1 Å². The highest BCUT2D eigenvalue weighted by atomic mass is 16.5. The summed E-state index contributed by atoms with van der Waals surface area (Å²) in [6.07, 6.45) is 3.25. The van der Waals surface area contributed by atoms with Crippen LogP contribution in [0.25, 0.3) is 11.4 Å². The van der Waals surface area contributed by atoms with E-state index in [0.717, 1.165) is 5.56 Å². The lowest BCUT2D eigenvalue weighted by atomic mass is 10.2. The van der Waals surface area contributed by atoms with Gasteiger partial charge in [0, 0.05) is 25.0 Å². The van der Waals surface area contributed by atoms with Crippen LogP contribution in [0, 0.1) is 0 Å². The number of hydrogen-bond acceptors (Lipinski definition) is 6. The van der Waals surface area contributed by atoms with Crippen LogP contribution in [0.1, 0.15) is 17.6 Å². The molecule has 7 heteroatoms. The zero-order valence-electron chi connectivity index (χ0n) is 13.3. The molecule has 2 heterocycles. The summed E-state index contributed by atoms with van der Waals surface area (Å²) in [5, 5.41) is 3.85. The number of nitrogens with zero attached hydrogens (tertiary/aromatic N) is 4. The minimum absolute atomic E-state index is 0.0874. The summed E-state index contributed by atoms with van der Waals surface area (Å²) >= 11 is 0. The van der Waals surface area contributed by atoms with Gasteiger partial charge in [-0.15, -0.1) is 0 Å². The molecule has 0 aliphatic rings. The highest BCUT2D eigenvalue weighted by Gasteiger charge is 2.23. The van der Waals surface area contributed by atoms with Gasteiger partial charge in [0.1, 0.15) is 5.75 Å². The molecule has 2 aromatic heterocycles. The molecular formula is C17H16N4O3. The highest BCUT2D eigenvalue weighted by Crippen LogP contribution is 2.28. The molecule has 0 bridgehead atoms. The van der Waals surface area contributed by atoms with Crippen molar-refractivity contribution >= 4 is 11.6 Å². The van der Waals surface area contributed by atoms with E-state index < -0.39 is 5.91 Å². The smallest absolute Gasteiger partial charge is 0.316 e. The number of ether oxygens (including phenoxy) is 1. The summed E-state index contributed by atoms with van der Waals surface area (Å²) in [7, 11) is 1.64. The Morgan fingerprint density at radius 1 is 1.21 bits per heavy atom. The molecule has 0 aliphatic heterocycles. The molecule has 0 atom stereocenters. The van der Waals surface area contributed by atoms with Crippen LogP contribution < -0.4 is 9.64 Å². The Hall–Kier alpha value is -3.22. The van der Waals surface area contributed by atoms with Crippen molar-refractivity contribution < 1.29 is 14.1 Å². The molecule has 0 radical (unpaired) electrons. The van der Waals surface area contributed by atoms with Gasteiger partial charge < -0.3 is 14.2 Å². The second kappa shape index (κ2) is 6.91. The van der Waals surface area contributed by atoms with Crippen molar-refractivity contribution in [2.24, 2.45) is 0 Å². The summed E-state index contributed by atoms with van der Waals surface area (Å²) in [5.74, 6) is 0.461. The van der Waals surface area contributed by atoms with E-state index in [1.807, 2.05) is 19.1 Å². The lowest BCUT2D eigenvalue weighted by molar-refractivity contribution is 0.0950. The second-order valence-corrected chi connectivity index (χ2v) is 4.92. The lowest BCUT2D eigenvalue weighted by Crippen LogP contribution is -2.27. The number of carbonyl (C=O) groups is 1. The molecular weight excluding hydrogens is 308 g/mol. The van der Waals surface area contributed by atoms with Gasteiger partial charge in [0.2, 0.25) is 5.82 Å². The number of rotatable bonds is 5. The summed E-state index contributed by atoms with van der Waals surface area (Å²) in [6.45, 7) is 2.39. The van der Waals surface area contributed by atoms with E-state index in [-0.39, 0.29) is 5.89 Å². The number of anilines is 1. The first-order valence-corrected chi connectivity index (χ1v) is 7.44. The number of carbonyl (C=O) groups excluding carboxylic acids is 1. The van der Waals surface area contributed by atoms with Crippen LogP contribution in [0.3, 0.4) is 0 Å². The quantitative estimate of drug-likeness (QED) is 0.718. The van der Waals surface area contributed by atoms with Crippen molar-refractivity contribution in [3.05, 3.63) is 54.7 Å². The number of hydrogen-bond donors (Lipinski definition) is 0. The van der Waals surface area contributed by atoms with Crippen molar-refractivity contribution in [2.75, 3.05) is 18.6 Å². The van der Waals surface area contributed by atoms with Crippen molar-refractivity contribution in [3.63, 3.8) is 0 Å². The molecule has 0 aliphatic carbocycles. The summed E-state index contributed by atoms with van der Waals surface area (Å²) in [6, 6.07) is 10.8. The number of pyridine rings is 1. The third kappa shape index (κ3) is 3.10. The summed E-state index contributed by atoms with van der Waals surface area (Å²) < 4.78 is 10.7. The third-order valence-corrected chi connectivity index (χ3v) is 3.38. The second-order valence-electron chi connectivity index (χ2n) is 4.92. The van der Waals surface area contributed by atoms with Gasteiger partial charge in [-0.25, -0.2) is 0 Å². The van der Waals surface area contributed by atoms with Crippen LogP contribution >= 0.6 is 0 Å². The molecule has 3 rings (SSSR count). The fourth-order valence-corrected chi connectivity index (χ4v) is 2.19. The average molecular weight is 324 g/mol. The van der Waals surface area contributed by atoms with Gasteiger partial charge in [-0.2, -0.15) is 4.98 Å². The Morgan fingerprint density at radius 2 is 1.96 bits per heavy atom. The van der Waals surface area contributed by atoms with Crippen LogP contribution in [0.4, 0.5) is 5.69 Å².